The standard InChI is InChI=1S/C35H36ClF7N10O3/c1-32(2,35(41,42)43)16-34(20-6-3-18(4-7-20)23-14-46-53(50-23)21-8-9-21)29(54)51(30(44)48-34)25(15-56-31(55)49-33(11-12-33)28(39)40)19-5-10-22(36)24(13-19)52-27(26(37)38)45-17-47-52/h3-7,10,13-14,17,21,25-26,28,30,48H,8-9,11-12,15-16,44H2,1-2H3,(H,49,55)/t25-,30?,34-/m1/s1. The summed E-state index contributed by atoms with van der Waals surface area (Å²) in [6.45, 7) is 1.11. The van der Waals surface area contributed by atoms with Crippen LogP contribution in [0, 0.1) is 5.41 Å². The molecule has 7 rings (SSSR count). The Bertz CT molecular complexity index is 2100. The summed E-state index contributed by atoms with van der Waals surface area (Å²) in [7, 11) is 0. The van der Waals surface area contributed by atoms with Crippen LogP contribution in [0.3, 0.4) is 0 Å². The molecule has 3 atom stereocenters. The summed E-state index contributed by atoms with van der Waals surface area (Å²) in [5, 5.41) is 17.6. The first kappa shape index (κ1) is 39.4. The van der Waals surface area contributed by atoms with Crippen LogP contribution in [-0.2, 0) is 15.1 Å². The third kappa shape index (κ3) is 7.29. The Kier molecular flexibility index (Phi) is 10.1. The fourth-order valence-electron chi connectivity index (χ4n) is 6.83. The number of nitrogens with two attached hydrogens (primary N) is 1. The van der Waals surface area contributed by atoms with Crippen LogP contribution < -0.4 is 16.4 Å². The molecule has 3 heterocycles. The molecular formula is C35H36ClF7N10O3. The van der Waals surface area contributed by atoms with Gasteiger partial charge in [-0.1, -0.05) is 55.8 Å². The maximum Gasteiger partial charge on any atom is 0.407 e. The number of carbonyl (C=O) groups is 2. The highest BCUT2D eigenvalue weighted by molar-refractivity contribution is 6.32. The van der Waals surface area contributed by atoms with E-state index in [1.807, 2.05) is 0 Å². The van der Waals surface area contributed by atoms with E-state index in [-0.39, 0.29) is 40.7 Å². The summed E-state index contributed by atoms with van der Waals surface area (Å²) in [6.07, 6.45) is -10.1. The van der Waals surface area contributed by atoms with Crippen molar-refractivity contribution < 1.29 is 45.1 Å². The molecule has 1 aliphatic heterocycles. The molecular weight excluding hydrogens is 777 g/mol. The summed E-state index contributed by atoms with van der Waals surface area (Å²) in [5.41, 5.74) is 1.29. The quantitative estimate of drug-likeness (QED) is 0.127. The van der Waals surface area contributed by atoms with Crippen molar-refractivity contribution in [1.82, 2.24) is 45.3 Å². The summed E-state index contributed by atoms with van der Waals surface area (Å²) in [5.74, 6) is -1.74. The Labute approximate surface area is 319 Å². The molecule has 2 aliphatic carbocycles. The number of benzene rings is 2. The molecule has 1 unspecified atom stereocenters. The SMILES string of the molecule is CC(C)(C[C@]1(c2ccc(-c3cnn(C4CC4)n3)cc2)NC(N)N([C@H](COC(=O)NC2(C(F)F)CC2)c2ccc(Cl)c(-n3ncnc3C(F)F)c2)C1=O)C(F)(F)F. The smallest absolute Gasteiger partial charge is 0.407 e. The Morgan fingerprint density at radius 3 is 2.39 bits per heavy atom. The van der Waals surface area contributed by atoms with E-state index in [1.165, 1.54) is 30.3 Å². The Balaban J connectivity index is 1.29. The first-order valence-electron chi connectivity index (χ1n) is 17.5. The van der Waals surface area contributed by atoms with Crippen molar-refractivity contribution in [3.8, 4) is 16.9 Å². The number of rotatable bonds is 13. The molecule has 300 valence electrons. The number of hydrogen-bond donors (Lipinski definition) is 3. The van der Waals surface area contributed by atoms with Crippen molar-refractivity contribution in [1.29, 1.82) is 0 Å². The molecule has 21 heteroatoms. The summed E-state index contributed by atoms with van der Waals surface area (Å²) in [6, 6.07) is 8.79. The Morgan fingerprint density at radius 1 is 1.09 bits per heavy atom. The van der Waals surface area contributed by atoms with Gasteiger partial charge in [-0.3, -0.25) is 15.8 Å². The summed E-state index contributed by atoms with van der Waals surface area (Å²) >= 11 is 6.41. The van der Waals surface area contributed by atoms with E-state index in [1.54, 1.807) is 23.1 Å². The van der Waals surface area contributed by atoms with Crippen LogP contribution >= 0.6 is 11.6 Å². The second kappa shape index (κ2) is 14.3. The van der Waals surface area contributed by atoms with Crippen LogP contribution in [0.1, 0.15) is 81.4 Å². The third-order valence-electron chi connectivity index (χ3n) is 10.4. The van der Waals surface area contributed by atoms with Crippen LogP contribution in [0.25, 0.3) is 16.9 Å². The van der Waals surface area contributed by atoms with Gasteiger partial charge >= 0.3 is 12.3 Å². The van der Waals surface area contributed by atoms with Gasteiger partial charge in [-0.25, -0.2) is 32.0 Å². The molecule has 1 saturated heterocycles. The average Bonchev–Trinajstić information content (AvgIpc) is 4.00. The van der Waals surface area contributed by atoms with Crippen molar-refractivity contribution in [2.45, 2.75) is 94.4 Å². The maximum atomic E-state index is 15.0. The van der Waals surface area contributed by atoms with Gasteiger partial charge < -0.3 is 15.0 Å². The Hall–Kier alpha value is -4.82. The number of carbonyl (C=O) groups excluding carboxylic acids is 2. The van der Waals surface area contributed by atoms with Gasteiger partial charge in [-0.15, -0.1) is 0 Å². The van der Waals surface area contributed by atoms with Crippen LogP contribution in [0.15, 0.2) is 55.0 Å². The van der Waals surface area contributed by atoms with Crippen molar-refractivity contribution in [2.24, 2.45) is 11.1 Å². The number of ether oxygens (including phenoxy) is 1. The molecule has 13 nitrogen and oxygen atoms in total. The van der Waals surface area contributed by atoms with E-state index >= 15 is 0 Å². The van der Waals surface area contributed by atoms with E-state index in [0.717, 1.165) is 42.6 Å². The second-order valence-electron chi connectivity index (χ2n) is 14.9. The average molecular weight is 813 g/mol. The fraction of sp³-hybridized carbons (Fsp3) is 0.486. The molecule has 56 heavy (non-hydrogen) atoms. The minimum absolute atomic E-state index is 0.0112. The number of amides is 2. The van der Waals surface area contributed by atoms with Gasteiger partial charge in [0.2, 0.25) is 0 Å². The highest BCUT2D eigenvalue weighted by Crippen LogP contribution is 2.50. The predicted molar refractivity (Wildman–Crippen MR) is 184 cm³/mol. The van der Waals surface area contributed by atoms with Crippen molar-refractivity contribution in [3.63, 3.8) is 0 Å². The first-order valence-corrected chi connectivity index (χ1v) is 17.9. The lowest BCUT2D eigenvalue weighted by atomic mass is 9.74. The lowest BCUT2D eigenvalue weighted by Gasteiger charge is -2.38. The second-order valence-corrected chi connectivity index (χ2v) is 15.3. The maximum absolute atomic E-state index is 15.0. The van der Waals surface area contributed by atoms with E-state index < -0.39 is 78.7 Å². The number of alkyl halides is 7. The van der Waals surface area contributed by atoms with E-state index in [4.69, 9.17) is 22.1 Å². The van der Waals surface area contributed by atoms with Gasteiger partial charge in [0.05, 0.1) is 34.4 Å². The normalized spacial score (nSPS) is 21.6. The fourth-order valence-corrected chi connectivity index (χ4v) is 7.02. The van der Waals surface area contributed by atoms with Crippen molar-refractivity contribution in [2.75, 3.05) is 6.61 Å². The molecule has 3 fully saturated rings. The van der Waals surface area contributed by atoms with Gasteiger partial charge in [0.1, 0.15) is 36.0 Å². The molecule has 4 N–H and O–H groups in total. The van der Waals surface area contributed by atoms with Gasteiger partial charge in [0, 0.05) is 5.56 Å². The van der Waals surface area contributed by atoms with Gasteiger partial charge in [0.15, 0.2) is 5.82 Å². The monoisotopic (exact) mass is 812 g/mol. The summed E-state index contributed by atoms with van der Waals surface area (Å²) in [4.78, 5) is 34.0. The van der Waals surface area contributed by atoms with E-state index in [0.29, 0.717) is 11.3 Å². The number of alkyl carbamates (subject to hydrolysis) is 1. The number of aromatic nitrogens is 6. The van der Waals surface area contributed by atoms with Crippen LogP contribution in [0.4, 0.5) is 35.5 Å². The first-order chi connectivity index (χ1) is 26.4. The highest BCUT2D eigenvalue weighted by Gasteiger charge is 2.60. The third-order valence-corrected chi connectivity index (χ3v) is 10.8. The van der Waals surface area contributed by atoms with Gasteiger partial charge in [-0.2, -0.15) is 33.3 Å². The molecule has 2 aromatic carbocycles. The number of nitrogens with zero attached hydrogens (tertiary/aromatic N) is 7. The zero-order chi connectivity index (χ0) is 40.4. The van der Waals surface area contributed by atoms with Crippen LogP contribution in [0.2, 0.25) is 5.02 Å². The highest BCUT2D eigenvalue weighted by atomic mass is 35.5. The molecule has 4 aromatic rings. The molecule has 0 spiro atoms. The topological polar surface area (TPSA) is 158 Å². The van der Waals surface area contributed by atoms with Crippen LogP contribution in [-0.4, -0.2) is 77.7 Å². The minimum Gasteiger partial charge on any atom is -0.447 e. The zero-order valence-electron chi connectivity index (χ0n) is 29.8. The molecule has 2 aromatic heterocycles. The molecule has 3 aliphatic rings. The van der Waals surface area contributed by atoms with Crippen molar-refractivity contribution in [3.05, 3.63) is 77.0 Å². The minimum atomic E-state index is -4.80. The van der Waals surface area contributed by atoms with E-state index in [9.17, 15) is 40.3 Å². The number of hydrogen-bond acceptors (Lipinski definition) is 9. The Morgan fingerprint density at radius 2 is 1.79 bits per heavy atom. The van der Waals surface area contributed by atoms with Gasteiger partial charge in [0.25, 0.3) is 18.8 Å². The zero-order valence-corrected chi connectivity index (χ0v) is 30.5. The predicted octanol–water partition coefficient (Wildman–Crippen LogP) is 6.56. The van der Waals surface area contributed by atoms with Gasteiger partial charge in [-0.05, 0) is 55.4 Å². The number of halogens is 8. The summed E-state index contributed by atoms with van der Waals surface area (Å²) < 4.78 is 105. The molecule has 2 amide bonds. The molecule has 2 saturated carbocycles. The largest absolute Gasteiger partial charge is 0.447 e. The molecule has 0 radical (unpaired) electrons. The van der Waals surface area contributed by atoms with Crippen LogP contribution in [0.5, 0.6) is 0 Å². The lowest BCUT2D eigenvalue weighted by Crippen LogP contribution is -2.51. The number of nitrogens with one attached hydrogen (secondary N) is 2. The molecule has 0 bridgehead atoms. The van der Waals surface area contributed by atoms with Crippen molar-refractivity contribution >= 4 is 23.6 Å². The lowest BCUT2D eigenvalue weighted by molar-refractivity contribution is -0.218. The van der Waals surface area contributed by atoms with E-state index in [2.05, 4.69) is 30.9 Å².